The van der Waals surface area contributed by atoms with Gasteiger partial charge in [0.15, 0.2) is 0 Å². The van der Waals surface area contributed by atoms with Gasteiger partial charge >= 0.3 is 0 Å². The molecule has 0 heterocycles. The molecule has 2 N–H and O–H groups in total. The molecule has 1 saturated carbocycles. The van der Waals surface area contributed by atoms with Crippen molar-refractivity contribution in [3.8, 4) is 0 Å². The molecule has 100 valence electrons. The highest BCUT2D eigenvalue weighted by molar-refractivity contribution is 5.84. The van der Waals surface area contributed by atoms with E-state index in [4.69, 9.17) is 0 Å². The molecule has 0 saturated heterocycles. The molecule has 0 spiro atoms. The Morgan fingerprint density at radius 2 is 1.65 bits per heavy atom. The fourth-order valence-electron chi connectivity index (χ4n) is 2.46. The lowest BCUT2D eigenvalue weighted by atomic mass is 9.89. The molecule has 0 bridgehead atoms. The Morgan fingerprint density at radius 3 is 1.94 bits per heavy atom. The van der Waals surface area contributed by atoms with Gasteiger partial charge in [-0.3, -0.25) is 4.79 Å². The van der Waals surface area contributed by atoms with Crippen LogP contribution < -0.4 is 5.32 Å². The van der Waals surface area contributed by atoms with Crippen LogP contribution in [-0.4, -0.2) is 23.7 Å². The summed E-state index contributed by atoms with van der Waals surface area (Å²) < 4.78 is 0. The molecule has 0 radical (unpaired) electrons. The van der Waals surface area contributed by atoms with E-state index in [0.717, 1.165) is 0 Å². The van der Waals surface area contributed by atoms with E-state index in [9.17, 15) is 9.90 Å². The molecule has 1 rings (SSSR count). The predicted molar refractivity (Wildman–Crippen MR) is 69.5 cm³/mol. The summed E-state index contributed by atoms with van der Waals surface area (Å²) in [5.41, 5.74) is -0.0740. The summed E-state index contributed by atoms with van der Waals surface area (Å²) in [6.07, 6.45) is -0.503. The SMILES string of the molecule is CC(C)(C)C(O)CNC(=O)C1C(C)(C)C1(C)C. The summed E-state index contributed by atoms with van der Waals surface area (Å²) in [6.45, 7) is 14.7. The van der Waals surface area contributed by atoms with Gasteiger partial charge in [0.25, 0.3) is 0 Å². The maximum Gasteiger partial charge on any atom is 0.224 e. The van der Waals surface area contributed by atoms with Crippen LogP contribution in [0.1, 0.15) is 48.5 Å². The fourth-order valence-corrected chi connectivity index (χ4v) is 2.46. The molecule has 0 aromatic carbocycles. The van der Waals surface area contributed by atoms with Gasteiger partial charge in [0, 0.05) is 12.5 Å². The van der Waals surface area contributed by atoms with Crippen molar-refractivity contribution in [2.75, 3.05) is 6.54 Å². The lowest BCUT2D eigenvalue weighted by molar-refractivity contribution is -0.124. The van der Waals surface area contributed by atoms with Crippen LogP contribution in [0.3, 0.4) is 0 Å². The van der Waals surface area contributed by atoms with Gasteiger partial charge in [-0.15, -0.1) is 0 Å². The minimum atomic E-state index is -0.503. The van der Waals surface area contributed by atoms with Crippen molar-refractivity contribution < 1.29 is 9.90 Å². The van der Waals surface area contributed by atoms with Crippen molar-refractivity contribution in [1.82, 2.24) is 5.32 Å². The van der Waals surface area contributed by atoms with Crippen LogP contribution in [0.25, 0.3) is 0 Å². The third kappa shape index (κ3) is 2.49. The van der Waals surface area contributed by atoms with Crippen molar-refractivity contribution in [3.05, 3.63) is 0 Å². The van der Waals surface area contributed by atoms with Gasteiger partial charge in [-0.25, -0.2) is 0 Å². The summed E-state index contributed by atoms with van der Waals surface area (Å²) in [4.78, 5) is 12.0. The average molecular weight is 241 g/mol. The van der Waals surface area contributed by atoms with Crippen LogP contribution in [0.15, 0.2) is 0 Å². The van der Waals surface area contributed by atoms with E-state index < -0.39 is 6.10 Å². The number of hydrogen-bond acceptors (Lipinski definition) is 2. The topological polar surface area (TPSA) is 49.3 Å². The summed E-state index contributed by atoms with van der Waals surface area (Å²) in [7, 11) is 0. The van der Waals surface area contributed by atoms with Gasteiger partial charge in [0.05, 0.1) is 6.10 Å². The van der Waals surface area contributed by atoms with E-state index in [1.807, 2.05) is 20.8 Å². The van der Waals surface area contributed by atoms with Gasteiger partial charge in [0.1, 0.15) is 0 Å². The van der Waals surface area contributed by atoms with E-state index >= 15 is 0 Å². The van der Waals surface area contributed by atoms with Gasteiger partial charge in [-0.2, -0.15) is 0 Å². The smallest absolute Gasteiger partial charge is 0.224 e. The molecule has 17 heavy (non-hydrogen) atoms. The van der Waals surface area contributed by atoms with E-state index in [-0.39, 0.29) is 28.1 Å². The number of hydrogen-bond donors (Lipinski definition) is 2. The molecule has 0 aromatic heterocycles. The predicted octanol–water partition coefficient (Wildman–Crippen LogP) is 2.19. The number of aliphatic hydroxyl groups excluding tert-OH is 1. The van der Waals surface area contributed by atoms with E-state index in [0.29, 0.717) is 6.54 Å². The first kappa shape index (κ1) is 14.5. The van der Waals surface area contributed by atoms with Gasteiger partial charge in [0.2, 0.25) is 5.91 Å². The molecular formula is C14H27NO2. The molecule has 1 amide bonds. The van der Waals surface area contributed by atoms with Crippen LogP contribution in [0.4, 0.5) is 0 Å². The molecule has 1 fully saturated rings. The Bertz CT molecular complexity index is 299. The van der Waals surface area contributed by atoms with Crippen molar-refractivity contribution in [3.63, 3.8) is 0 Å². The molecule has 1 unspecified atom stereocenters. The molecule has 1 atom stereocenters. The number of aliphatic hydroxyl groups is 1. The molecule has 1 aliphatic rings. The zero-order valence-corrected chi connectivity index (χ0v) is 12.2. The highest BCUT2D eigenvalue weighted by Gasteiger charge is 2.68. The van der Waals surface area contributed by atoms with Gasteiger partial charge in [-0.05, 0) is 16.2 Å². The van der Waals surface area contributed by atoms with E-state index in [2.05, 4.69) is 33.0 Å². The van der Waals surface area contributed by atoms with Gasteiger partial charge < -0.3 is 10.4 Å². The molecule has 0 aliphatic heterocycles. The molecule has 1 aliphatic carbocycles. The summed E-state index contributed by atoms with van der Waals surface area (Å²) in [5.74, 6) is 0.130. The largest absolute Gasteiger partial charge is 0.391 e. The number of rotatable bonds is 3. The van der Waals surface area contributed by atoms with Crippen molar-refractivity contribution >= 4 is 5.91 Å². The molecule has 3 nitrogen and oxygen atoms in total. The third-order valence-electron chi connectivity index (χ3n) is 4.75. The molecule has 3 heteroatoms. The second-order valence-electron chi connectivity index (χ2n) is 7.50. The monoisotopic (exact) mass is 241 g/mol. The first-order valence-electron chi connectivity index (χ1n) is 6.38. The highest BCUT2D eigenvalue weighted by Crippen LogP contribution is 2.68. The minimum absolute atomic E-state index is 0.0576. The minimum Gasteiger partial charge on any atom is -0.391 e. The first-order valence-corrected chi connectivity index (χ1v) is 6.38. The number of carbonyl (C=O) groups excluding carboxylic acids is 1. The second kappa shape index (κ2) is 3.98. The molecule has 0 aromatic rings. The Kier molecular flexibility index (Phi) is 3.39. The number of amides is 1. The third-order valence-corrected chi connectivity index (χ3v) is 4.75. The zero-order chi connectivity index (χ0) is 13.6. The Labute approximate surface area is 105 Å². The fraction of sp³-hybridized carbons (Fsp3) is 0.929. The van der Waals surface area contributed by atoms with Crippen molar-refractivity contribution in [2.24, 2.45) is 22.2 Å². The average Bonchev–Trinajstić information content (AvgIpc) is 2.51. The Hall–Kier alpha value is -0.570. The quantitative estimate of drug-likeness (QED) is 0.796. The Balaban J connectivity index is 2.49. The first-order chi connectivity index (χ1) is 7.42. The lowest BCUT2D eigenvalue weighted by Crippen LogP contribution is -2.40. The number of nitrogens with one attached hydrogen (secondary N) is 1. The van der Waals surface area contributed by atoms with Crippen LogP contribution in [-0.2, 0) is 4.79 Å². The second-order valence-corrected chi connectivity index (χ2v) is 7.50. The van der Waals surface area contributed by atoms with Crippen LogP contribution >= 0.6 is 0 Å². The van der Waals surface area contributed by atoms with Crippen molar-refractivity contribution in [1.29, 1.82) is 0 Å². The van der Waals surface area contributed by atoms with Gasteiger partial charge in [-0.1, -0.05) is 48.5 Å². The maximum absolute atomic E-state index is 12.0. The number of carbonyl (C=O) groups is 1. The van der Waals surface area contributed by atoms with Crippen LogP contribution in [0.2, 0.25) is 0 Å². The van der Waals surface area contributed by atoms with Crippen LogP contribution in [0, 0.1) is 22.2 Å². The van der Waals surface area contributed by atoms with E-state index in [1.54, 1.807) is 0 Å². The summed E-state index contributed by atoms with van der Waals surface area (Å²) >= 11 is 0. The maximum atomic E-state index is 12.0. The summed E-state index contributed by atoms with van der Waals surface area (Å²) in [6, 6.07) is 0. The zero-order valence-electron chi connectivity index (χ0n) is 12.2. The normalized spacial score (nSPS) is 24.2. The van der Waals surface area contributed by atoms with Crippen LogP contribution in [0.5, 0.6) is 0 Å². The lowest BCUT2D eigenvalue weighted by Gasteiger charge is -2.26. The Morgan fingerprint density at radius 1 is 1.24 bits per heavy atom. The standard InChI is InChI=1S/C14H27NO2/c1-12(2,3)9(16)8-15-11(17)10-13(4,5)14(10,6)7/h9-10,16H,8H2,1-7H3,(H,15,17). The van der Waals surface area contributed by atoms with Crippen molar-refractivity contribution in [2.45, 2.75) is 54.6 Å². The van der Waals surface area contributed by atoms with E-state index in [1.165, 1.54) is 0 Å². The highest BCUT2D eigenvalue weighted by atomic mass is 16.3. The molecular weight excluding hydrogens is 214 g/mol. The summed E-state index contributed by atoms with van der Waals surface area (Å²) in [5, 5.41) is 12.8.